The summed E-state index contributed by atoms with van der Waals surface area (Å²) in [6.45, 7) is 7.54. The molecule has 0 bridgehead atoms. The Morgan fingerprint density at radius 1 is 0.531 bits per heavy atom. The largest absolute Gasteiger partial charge is 0.192 e. The second-order valence-electron chi connectivity index (χ2n) is 8.96. The molecule has 0 spiro atoms. The maximum atomic E-state index is 9.71. The molecule has 0 atom stereocenters. The van der Waals surface area contributed by atoms with Crippen LogP contribution in [-0.4, -0.2) is 0 Å². The highest BCUT2D eigenvalue weighted by Crippen LogP contribution is 2.23. The molecule has 0 aliphatic heterocycles. The number of unbranched alkanes of at least 4 members (excludes halogenated alkanes) is 14. The summed E-state index contributed by atoms with van der Waals surface area (Å²) in [7, 11) is 0. The van der Waals surface area contributed by atoms with Crippen LogP contribution in [0.15, 0.2) is 37.4 Å². The van der Waals surface area contributed by atoms with E-state index in [0.717, 1.165) is 49.7 Å². The molecule has 1 aromatic rings. The Labute approximate surface area is 198 Å². The number of benzene rings is 1. The van der Waals surface area contributed by atoms with E-state index in [0.29, 0.717) is 11.1 Å². The molecule has 1 rings (SSSR count). The average Bonchev–Trinajstić information content (AvgIpc) is 2.81. The summed E-state index contributed by atoms with van der Waals surface area (Å²) in [6, 6.07) is 8.87. The molecule has 174 valence electrons. The van der Waals surface area contributed by atoms with E-state index in [9.17, 15) is 10.5 Å². The maximum Gasteiger partial charge on any atom is 0.101 e. The third kappa shape index (κ3) is 11.9. The summed E-state index contributed by atoms with van der Waals surface area (Å²) in [5, 5.41) is 19.4. The number of hydrogen-bond donors (Lipinski definition) is 0. The Balaban J connectivity index is 2.37. The Bertz CT molecular complexity index is 669. The molecule has 0 aliphatic carbocycles. The fraction of sp³-hybridized carbons (Fsp3) is 0.600. The Kier molecular flexibility index (Phi) is 16.8. The van der Waals surface area contributed by atoms with Gasteiger partial charge >= 0.3 is 0 Å². The van der Waals surface area contributed by atoms with Crippen LogP contribution in [0.2, 0.25) is 0 Å². The van der Waals surface area contributed by atoms with Crippen LogP contribution in [-0.2, 0) is 12.8 Å². The molecular formula is C30H44N2. The first kappa shape index (κ1) is 27.7. The van der Waals surface area contributed by atoms with E-state index in [1.54, 1.807) is 0 Å². The summed E-state index contributed by atoms with van der Waals surface area (Å²) in [6.07, 6.45) is 25.5. The number of nitriles is 2. The van der Waals surface area contributed by atoms with Crippen molar-refractivity contribution in [2.45, 2.75) is 116 Å². The highest BCUT2D eigenvalue weighted by atomic mass is 14.3. The van der Waals surface area contributed by atoms with Gasteiger partial charge in [-0.15, -0.1) is 13.2 Å². The van der Waals surface area contributed by atoms with Crippen LogP contribution in [0.1, 0.15) is 125 Å². The van der Waals surface area contributed by atoms with Gasteiger partial charge in [0.2, 0.25) is 0 Å². The molecule has 0 heterocycles. The second-order valence-corrected chi connectivity index (χ2v) is 8.96. The Morgan fingerprint density at radius 3 is 1.16 bits per heavy atom. The van der Waals surface area contributed by atoms with Crippen molar-refractivity contribution in [1.82, 2.24) is 0 Å². The molecule has 0 aliphatic rings. The molecule has 0 saturated carbocycles. The van der Waals surface area contributed by atoms with E-state index in [1.165, 1.54) is 77.0 Å². The van der Waals surface area contributed by atoms with E-state index in [1.807, 2.05) is 12.2 Å². The molecule has 32 heavy (non-hydrogen) atoms. The molecule has 2 nitrogen and oxygen atoms in total. The van der Waals surface area contributed by atoms with Gasteiger partial charge in [0.15, 0.2) is 0 Å². The van der Waals surface area contributed by atoms with Crippen molar-refractivity contribution in [3.63, 3.8) is 0 Å². The van der Waals surface area contributed by atoms with Gasteiger partial charge in [0.25, 0.3) is 0 Å². The summed E-state index contributed by atoms with van der Waals surface area (Å²) >= 11 is 0. The van der Waals surface area contributed by atoms with Crippen LogP contribution in [0.25, 0.3) is 0 Å². The number of rotatable bonds is 20. The van der Waals surface area contributed by atoms with E-state index in [4.69, 9.17) is 0 Å². The van der Waals surface area contributed by atoms with Gasteiger partial charge in [-0.3, -0.25) is 0 Å². The molecule has 2 heteroatoms. The van der Waals surface area contributed by atoms with E-state index >= 15 is 0 Å². The van der Waals surface area contributed by atoms with Crippen LogP contribution >= 0.6 is 0 Å². The fourth-order valence-corrected chi connectivity index (χ4v) is 4.34. The van der Waals surface area contributed by atoms with Gasteiger partial charge < -0.3 is 0 Å². The summed E-state index contributed by atoms with van der Waals surface area (Å²) in [5.74, 6) is 0. The first-order chi connectivity index (χ1) is 15.8. The van der Waals surface area contributed by atoms with Gasteiger partial charge in [-0.05, 0) is 62.5 Å². The molecular weight excluding hydrogens is 388 g/mol. The molecule has 0 N–H and O–H groups in total. The zero-order valence-corrected chi connectivity index (χ0v) is 20.3. The van der Waals surface area contributed by atoms with E-state index in [2.05, 4.69) is 37.4 Å². The van der Waals surface area contributed by atoms with Crippen molar-refractivity contribution < 1.29 is 0 Å². The van der Waals surface area contributed by atoms with Gasteiger partial charge in [0, 0.05) is 0 Å². The van der Waals surface area contributed by atoms with Crippen molar-refractivity contribution in [1.29, 1.82) is 10.5 Å². The highest BCUT2D eigenvalue weighted by molar-refractivity contribution is 5.54. The van der Waals surface area contributed by atoms with Crippen LogP contribution in [0, 0.1) is 22.7 Å². The van der Waals surface area contributed by atoms with Crippen LogP contribution < -0.4 is 0 Å². The van der Waals surface area contributed by atoms with Gasteiger partial charge in [-0.1, -0.05) is 88.5 Å². The lowest BCUT2D eigenvalue weighted by Gasteiger charge is -2.11. The number of aryl methyl sites for hydroxylation is 2. The van der Waals surface area contributed by atoms with Gasteiger partial charge in [-0.25, -0.2) is 0 Å². The maximum absolute atomic E-state index is 9.71. The summed E-state index contributed by atoms with van der Waals surface area (Å²) < 4.78 is 0. The Hall–Kier alpha value is -2.32. The lowest BCUT2D eigenvalue weighted by atomic mass is 9.91. The number of hydrogen-bond acceptors (Lipinski definition) is 2. The number of allylic oxidation sites excluding steroid dienone is 2. The standard InChI is InChI=1S/C30H44N2/c1-3-5-7-9-11-13-15-17-19-21-27-23-24-28(30(26-32)29(27)25-31)22-20-18-16-14-12-10-8-6-4-2/h3-4,23-24H,1-2,5-22H2. The summed E-state index contributed by atoms with van der Waals surface area (Å²) in [5.41, 5.74) is 3.35. The molecule has 0 fully saturated rings. The van der Waals surface area contributed by atoms with Crippen molar-refractivity contribution >= 4 is 0 Å². The predicted molar refractivity (Wildman–Crippen MR) is 138 cm³/mol. The second kappa shape index (κ2) is 19.4. The van der Waals surface area contributed by atoms with E-state index < -0.39 is 0 Å². The van der Waals surface area contributed by atoms with E-state index in [-0.39, 0.29) is 0 Å². The minimum atomic E-state index is 0.622. The topological polar surface area (TPSA) is 47.6 Å². The average molecular weight is 433 g/mol. The first-order valence-corrected chi connectivity index (χ1v) is 12.9. The van der Waals surface area contributed by atoms with Crippen molar-refractivity contribution in [3.05, 3.63) is 59.7 Å². The smallest absolute Gasteiger partial charge is 0.101 e. The van der Waals surface area contributed by atoms with Gasteiger partial charge in [-0.2, -0.15) is 10.5 Å². The lowest BCUT2D eigenvalue weighted by molar-refractivity contribution is 0.580. The predicted octanol–water partition coefficient (Wildman–Crippen LogP) is 9.13. The molecule has 0 aromatic heterocycles. The highest BCUT2D eigenvalue weighted by Gasteiger charge is 2.13. The zero-order chi connectivity index (χ0) is 23.3. The van der Waals surface area contributed by atoms with Crippen LogP contribution in [0.3, 0.4) is 0 Å². The number of nitrogens with zero attached hydrogens (tertiary/aromatic N) is 2. The van der Waals surface area contributed by atoms with Gasteiger partial charge in [0.1, 0.15) is 12.1 Å². The third-order valence-electron chi connectivity index (χ3n) is 6.31. The quantitative estimate of drug-likeness (QED) is 0.152. The SMILES string of the molecule is C=CCCCCCCCCCc1ccc(CCCCCCCCCC=C)c(C#N)c1C#N. The van der Waals surface area contributed by atoms with Crippen molar-refractivity contribution in [3.8, 4) is 12.1 Å². The Morgan fingerprint density at radius 2 is 0.844 bits per heavy atom. The van der Waals surface area contributed by atoms with Crippen LogP contribution in [0.4, 0.5) is 0 Å². The molecule has 0 saturated heterocycles. The minimum absolute atomic E-state index is 0.622. The minimum Gasteiger partial charge on any atom is -0.192 e. The fourth-order valence-electron chi connectivity index (χ4n) is 4.34. The third-order valence-corrected chi connectivity index (χ3v) is 6.31. The van der Waals surface area contributed by atoms with Crippen molar-refractivity contribution in [2.75, 3.05) is 0 Å². The molecule has 0 unspecified atom stereocenters. The first-order valence-electron chi connectivity index (χ1n) is 12.9. The molecule has 1 aromatic carbocycles. The zero-order valence-electron chi connectivity index (χ0n) is 20.3. The van der Waals surface area contributed by atoms with Gasteiger partial charge in [0.05, 0.1) is 11.1 Å². The summed E-state index contributed by atoms with van der Waals surface area (Å²) in [4.78, 5) is 0. The normalized spacial score (nSPS) is 10.4. The molecule has 0 radical (unpaired) electrons. The van der Waals surface area contributed by atoms with Crippen LogP contribution in [0.5, 0.6) is 0 Å². The lowest BCUT2D eigenvalue weighted by Crippen LogP contribution is -2.00. The monoisotopic (exact) mass is 432 g/mol. The molecule has 0 amide bonds. The van der Waals surface area contributed by atoms with Crippen molar-refractivity contribution in [2.24, 2.45) is 0 Å².